The number of hydrogen-bond acceptors (Lipinski definition) is 2. The smallest absolute Gasteiger partial charge is 0.320 e. The Labute approximate surface area is 110 Å². The number of hydrogen-bond donors (Lipinski definition) is 1. The van der Waals surface area contributed by atoms with Crippen molar-refractivity contribution in [2.24, 2.45) is 5.41 Å². The molecule has 1 spiro atoms. The van der Waals surface area contributed by atoms with E-state index >= 15 is 0 Å². The molecule has 0 atom stereocenters. The molecule has 1 aromatic rings. The molecule has 18 heavy (non-hydrogen) atoms. The van der Waals surface area contributed by atoms with Gasteiger partial charge in [0.25, 0.3) is 0 Å². The number of carboxylic acids is 1. The molecule has 0 unspecified atom stereocenters. The van der Waals surface area contributed by atoms with E-state index in [0.717, 1.165) is 12.8 Å². The first-order valence-corrected chi connectivity index (χ1v) is 7.04. The molecule has 0 heterocycles. The Hall–Kier alpha value is -1.03. The van der Waals surface area contributed by atoms with Crippen LogP contribution in [0.5, 0.6) is 0 Å². The van der Waals surface area contributed by atoms with Crippen molar-refractivity contribution in [3.05, 3.63) is 30.1 Å². The number of thioether (sulfide) groups is 1. The van der Waals surface area contributed by atoms with E-state index < -0.39 is 10.7 Å². The van der Waals surface area contributed by atoms with E-state index in [4.69, 9.17) is 0 Å². The lowest BCUT2D eigenvalue weighted by atomic mass is 9.51. The van der Waals surface area contributed by atoms with E-state index in [0.29, 0.717) is 17.7 Å². The average molecular weight is 266 g/mol. The van der Waals surface area contributed by atoms with Crippen LogP contribution in [0.3, 0.4) is 0 Å². The highest BCUT2D eigenvalue weighted by molar-refractivity contribution is 8.01. The van der Waals surface area contributed by atoms with Crippen molar-refractivity contribution >= 4 is 17.7 Å². The first-order valence-electron chi connectivity index (χ1n) is 6.22. The van der Waals surface area contributed by atoms with Gasteiger partial charge in [-0.15, -0.1) is 11.8 Å². The maximum absolute atomic E-state index is 13.6. The molecule has 4 heteroatoms. The standard InChI is InChI=1S/C14H15FO2S/c15-10-4-1-2-5-11(10)18-14(12(16)17)8-13(9-14)6-3-7-13/h1-2,4-5H,3,6-9H2,(H,16,17). The lowest BCUT2D eigenvalue weighted by Gasteiger charge is -2.58. The second-order valence-corrected chi connectivity index (χ2v) is 6.96. The minimum Gasteiger partial charge on any atom is -0.480 e. The maximum atomic E-state index is 13.6. The van der Waals surface area contributed by atoms with Crippen LogP contribution in [0, 0.1) is 11.2 Å². The Morgan fingerprint density at radius 3 is 2.44 bits per heavy atom. The van der Waals surface area contributed by atoms with Gasteiger partial charge >= 0.3 is 5.97 Å². The number of rotatable bonds is 3. The van der Waals surface area contributed by atoms with E-state index in [1.54, 1.807) is 18.2 Å². The van der Waals surface area contributed by atoms with Crippen molar-refractivity contribution in [3.8, 4) is 0 Å². The quantitative estimate of drug-likeness (QED) is 0.906. The van der Waals surface area contributed by atoms with E-state index in [1.165, 1.54) is 24.2 Å². The fourth-order valence-corrected chi connectivity index (χ4v) is 4.77. The van der Waals surface area contributed by atoms with Crippen LogP contribution in [0.1, 0.15) is 32.1 Å². The summed E-state index contributed by atoms with van der Waals surface area (Å²) >= 11 is 1.19. The molecule has 2 aliphatic rings. The zero-order valence-corrected chi connectivity index (χ0v) is 10.8. The fourth-order valence-electron chi connectivity index (χ4n) is 3.20. The van der Waals surface area contributed by atoms with E-state index in [1.807, 2.05) is 0 Å². The molecular formula is C14H15FO2S. The molecule has 1 aromatic carbocycles. The molecule has 0 aliphatic heterocycles. The summed E-state index contributed by atoms with van der Waals surface area (Å²) in [7, 11) is 0. The van der Waals surface area contributed by atoms with Gasteiger partial charge in [-0.2, -0.15) is 0 Å². The Morgan fingerprint density at radius 2 is 1.94 bits per heavy atom. The molecule has 2 fully saturated rings. The topological polar surface area (TPSA) is 37.3 Å². The fraction of sp³-hybridized carbons (Fsp3) is 0.500. The molecule has 2 saturated carbocycles. The highest BCUT2D eigenvalue weighted by Gasteiger charge is 2.61. The number of carbonyl (C=O) groups is 1. The second-order valence-electron chi connectivity index (χ2n) is 5.54. The van der Waals surface area contributed by atoms with Crippen LogP contribution < -0.4 is 0 Å². The van der Waals surface area contributed by atoms with Gasteiger partial charge < -0.3 is 5.11 Å². The summed E-state index contributed by atoms with van der Waals surface area (Å²) in [6.45, 7) is 0. The van der Waals surface area contributed by atoms with Crippen molar-refractivity contribution in [1.82, 2.24) is 0 Å². The molecule has 96 valence electrons. The van der Waals surface area contributed by atoms with Crippen molar-refractivity contribution < 1.29 is 14.3 Å². The van der Waals surface area contributed by atoms with Gasteiger partial charge in [-0.3, -0.25) is 4.79 Å². The average Bonchev–Trinajstić information content (AvgIpc) is 2.22. The number of aliphatic carboxylic acids is 1. The number of carboxylic acid groups (broad SMARTS) is 1. The lowest BCUT2D eigenvalue weighted by molar-refractivity contribution is -0.149. The first kappa shape index (κ1) is 12.0. The largest absolute Gasteiger partial charge is 0.480 e. The number of halogens is 1. The van der Waals surface area contributed by atoms with E-state index in [9.17, 15) is 14.3 Å². The molecule has 0 aromatic heterocycles. The zero-order valence-electron chi connectivity index (χ0n) is 9.99. The Balaban J connectivity index is 1.80. The molecule has 3 rings (SSSR count). The number of benzene rings is 1. The minimum atomic E-state index is -0.803. The summed E-state index contributed by atoms with van der Waals surface area (Å²) in [5.41, 5.74) is 0.261. The highest BCUT2D eigenvalue weighted by Crippen LogP contribution is 2.66. The third-order valence-electron chi connectivity index (χ3n) is 4.27. The van der Waals surface area contributed by atoms with Crippen molar-refractivity contribution in [3.63, 3.8) is 0 Å². The van der Waals surface area contributed by atoms with Gasteiger partial charge in [-0.25, -0.2) is 4.39 Å². The van der Waals surface area contributed by atoms with Gasteiger partial charge in [0.05, 0.1) is 0 Å². The summed E-state index contributed by atoms with van der Waals surface area (Å²) in [5, 5.41) is 9.44. The molecule has 1 N–H and O–H groups in total. The molecule has 2 aliphatic carbocycles. The van der Waals surface area contributed by atoms with Crippen LogP contribution in [-0.2, 0) is 4.79 Å². The van der Waals surface area contributed by atoms with Gasteiger partial charge in [-0.1, -0.05) is 18.6 Å². The Kier molecular flexibility index (Phi) is 2.66. The summed E-state index contributed by atoms with van der Waals surface area (Å²) in [6, 6.07) is 6.42. The van der Waals surface area contributed by atoms with Crippen LogP contribution in [-0.4, -0.2) is 15.8 Å². The van der Waals surface area contributed by atoms with Crippen molar-refractivity contribution in [2.75, 3.05) is 0 Å². The van der Waals surface area contributed by atoms with Crippen LogP contribution >= 0.6 is 11.8 Å². The van der Waals surface area contributed by atoms with Gasteiger partial charge in [0.1, 0.15) is 10.6 Å². The molecule has 0 bridgehead atoms. The lowest BCUT2D eigenvalue weighted by Crippen LogP contribution is -2.57. The second kappa shape index (κ2) is 3.98. The maximum Gasteiger partial charge on any atom is 0.320 e. The highest BCUT2D eigenvalue weighted by atomic mass is 32.2. The summed E-state index contributed by atoms with van der Waals surface area (Å²) in [6.07, 6.45) is 4.86. The Bertz CT molecular complexity index is 488. The summed E-state index contributed by atoms with van der Waals surface area (Å²) < 4.78 is 12.8. The van der Waals surface area contributed by atoms with Gasteiger partial charge in [-0.05, 0) is 43.2 Å². The third kappa shape index (κ3) is 1.74. The first-order chi connectivity index (χ1) is 8.55. The van der Waals surface area contributed by atoms with E-state index in [2.05, 4.69) is 0 Å². The summed E-state index contributed by atoms with van der Waals surface area (Å²) in [5.74, 6) is -1.12. The predicted octanol–water partition coefficient (Wildman–Crippen LogP) is 3.71. The van der Waals surface area contributed by atoms with Gasteiger partial charge in [0, 0.05) is 4.90 Å². The van der Waals surface area contributed by atoms with Crippen LogP contribution in [0.4, 0.5) is 4.39 Å². The minimum absolute atomic E-state index is 0.261. The normalized spacial score (nSPS) is 23.2. The molecule has 0 radical (unpaired) electrons. The monoisotopic (exact) mass is 266 g/mol. The van der Waals surface area contributed by atoms with E-state index in [-0.39, 0.29) is 11.2 Å². The Morgan fingerprint density at radius 1 is 1.28 bits per heavy atom. The van der Waals surface area contributed by atoms with Crippen molar-refractivity contribution in [1.29, 1.82) is 0 Å². The van der Waals surface area contributed by atoms with Crippen LogP contribution in [0.25, 0.3) is 0 Å². The summed E-state index contributed by atoms with van der Waals surface area (Å²) in [4.78, 5) is 12.0. The SMILES string of the molecule is O=C(O)C1(Sc2ccccc2F)CC2(CCC2)C1. The zero-order chi connectivity index (χ0) is 12.8. The van der Waals surface area contributed by atoms with Crippen LogP contribution in [0.15, 0.2) is 29.2 Å². The van der Waals surface area contributed by atoms with Crippen LogP contribution in [0.2, 0.25) is 0 Å². The molecular weight excluding hydrogens is 251 g/mol. The van der Waals surface area contributed by atoms with Crippen molar-refractivity contribution in [2.45, 2.75) is 41.7 Å². The predicted molar refractivity (Wildman–Crippen MR) is 68.1 cm³/mol. The van der Waals surface area contributed by atoms with Gasteiger partial charge in [0.2, 0.25) is 0 Å². The van der Waals surface area contributed by atoms with Gasteiger partial charge in [0.15, 0.2) is 0 Å². The third-order valence-corrected chi connectivity index (χ3v) is 5.67. The molecule has 2 nitrogen and oxygen atoms in total. The molecule has 0 amide bonds. The molecule has 0 saturated heterocycles.